The van der Waals surface area contributed by atoms with Gasteiger partial charge in [-0.2, -0.15) is 0 Å². The van der Waals surface area contributed by atoms with Crippen LogP contribution >= 0.6 is 0 Å². The molecule has 3 aromatic rings. The summed E-state index contributed by atoms with van der Waals surface area (Å²) in [7, 11) is 0. The van der Waals surface area contributed by atoms with Gasteiger partial charge in [-0.1, -0.05) is 72.8 Å². The van der Waals surface area contributed by atoms with Crippen LogP contribution in [0.3, 0.4) is 0 Å². The maximum Gasteiger partial charge on any atom is 0.243 e. The Bertz CT molecular complexity index is 928. The standard InChI is InChI=1S/C27H28N2O/c30-26(29-19-8-7-10-22-11-9-18-28-21-22)17-16-25-20-27(25,23-12-3-1-4-13-23)24-14-5-2-6-15-24/h1-6,9,11-18,21,25H,7-8,10,19-20H2,(H,29,30)/b17-16-/t25-/m0/s1. The van der Waals surface area contributed by atoms with Crippen molar-refractivity contribution in [1.29, 1.82) is 0 Å². The van der Waals surface area contributed by atoms with Gasteiger partial charge in [-0.15, -0.1) is 0 Å². The van der Waals surface area contributed by atoms with Crippen LogP contribution in [-0.2, 0) is 16.6 Å². The molecule has 0 saturated heterocycles. The van der Waals surface area contributed by atoms with Crippen LogP contribution in [0.25, 0.3) is 0 Å². The fourth-order valence-electron chi connectivity index (χ4n) is 4.30. The van der Waals surface area contributed by atoms with Crippen molar-refractivity contribution in [2.75, 3.05) is 6.54 Å². The third kappa shape index (κ3) is 4.68. The van der Waals surface area contributed by atoms with Crippen molar-refractivity contribution in [2.24, 2.45) is 5.92 Å². The number of allylic oxidation sites excluding steroid dienone is 1. The molecule has 1 N–H and O–H groups in total. The lowest BCUT2D eigenvalue weighted by Crippen LogP contribution is -2.22. The number of carbonyl (C=O) groups is 1. The number of amides is 1. The number of benzene rings is 2. The topological polar surface area (TPSA) is 42.0 Å². The lowest BCUT2D eigenvalue weighted by Gasteiger charge is -2.18. The number of carbonyl (C=O) groups excluding carboxylic acids is 1. The van der Waals surface area contributed by atoms with Crippen LogP contribution in [0.2, 0.25) is 0 Å². The first kappa shape index (κ1) is 20.1. The predicted molar refractivity (Wildman–Crippen MR) is 121 cm³/mol. The predicted octanol–water partition coefficient (Wildman–Crippen LogP) is 5.08. The molecular formula is C27H28N2O. The van der Waals surface area contributed by atoms with E-state index in [1.54, 1.807) is 12.3 Å². The molecule has 1 amide bonds. The van der Waals surface area contributed by atoms with Gasteiger partial charge in [-0.25, -0.2) is 0 Å². The minimum Gasteiger partial charge on any atom is -0.353 e. The Morgan fingerprint density at radius 1 is 0.967 bits per heavy atom. The monoisotopic (exact) mass is 396 g/mol. The summed E-state index contributed by atoms with van der Waals surface area (Å²) in [5, 5.41) is 3.02. The first-order valence-corrected chi connectivity index (χ1v) is 10.7. The lowest BCUT2D eigenvalue weighted by molar-refractivity contribution is -0.116. The first-order chi connectivity index (χ1) is 14.8. The maximum atomic E-state index is 12.3. The second-order valence-corrected chi connectivity index (χ2v) is 7.98. The fraction of sp³-hybridized carbons (Fsp3) is 0.259. The summed E-state index contributed by atoms with van der Waals surface area (Å²) in [6.07, 6.45) is 11.6. The van der Waals surface area contributed by atoms with E-state index in [2.05, 4.69) is 83.1 Å². The molecule has 1 heterocycles. The average Bonchev–Trinajstić information content (AvgIpc) is 3.55. The number of hydrogen-bond donors (Lipinski definition) is 1. The molecule has 4 rings (SSSR count). The normalized spacial score (nSPS) is 17.0. The molecule has 0 unspecified atom stereocenters. The third-order valence-electron chi connectivity index (χ3n) is 5.99. The summed E-state index contributed by atoms with van der Waals surface area (Å²) in [4.78, 5) is 16.4. The zero-order valence-electron chi connectivity index (χ0n) is 17.2. The van der Waals surface area contributed by atoms with Gasteiger partial charge in [0.25, 0.3) is 0 Å². The maximum absolute atomic E-state index is 12.3. The lowest BCUT2D eigenvalue weighted by atomic mass is 9.85. The second kappa shape index (κ2) is 9.53. The summed E-state index contributed by atoms with van der Waals surface area (Å²) >= 11 is 0. The molecule has 1 saturated carbocycles. The number of aryl methyl sites for hydroxylation is 1. The van der Waals surface area contributed by atoms with Gasteiger partial charge in [0.05, 0.1) is 0 Å². The van der Waals surface area contributed by atoms with Crippen LogP contribution in [0.1, 0.15) is 36.0 Å². The Balaban J connectivity index is 1.30. The average molecular weight is 397 g/mol. The molecule has 1 fully saturated rings. The van der Waals surface area contributed by atoms with Crippen molar-refractivity contribution in [3.05, 3.63) is 114 Å². The summed E-state index contributed by atoms with van der Waals surface area (Å²) < 4.78 is 0. The van der Waals surface area contributed by atoms with Gasteiger partial charge in [-0.05, 0) is 60.4 Å². The highest BCUT2D eigenvalue weighted by Gasteiger charge is 2.54. The van der Waals surface area contributed by atoms with Crippen LogP contribution < -0.4 is 5.32 Å². The first-order valence-electron chi connectivity index (χ1n) is 10.7. The molecule has 0 aliphatic heterocycles. The van der Waals surface area contributed by atoms with E-state index >= 15 is 0 Å². The van der Waals surface area contributed by atoms with E-state index in [4.69, 9.17) is 0 Å². The van der Waals surface area contributed by atoms with Crippen LogP contribution in [0.4, 0.5) is 0 Å². The Hall–Kier alpha value is -3.20. The van der Waals surface area contributed by atoms with Crippen molar-refractivity contribution in [1.82, 2.24) is 10.3 Å². The zero-order chi connectivity index (χ0) is 20.7. The van der Waals surface area contributed by atoms with E-state index in [-0.39, 0.29) is 11.3 Å². The van der Waals surface area contributed by atoms with Gasteiger partial charge in [0.2, 0.25) is 5.91 Å². The van der Waals surface area contributed by atoms with E-state index in [0.29, 0.717) is 12.5 Å². The van der Waals surface area contributed by atoms with E-state index in [1.165, 1.54) is 16.7 Å². The fourth-order valence-corrected chi connectivity index (χ4v) is 4.30. The number of unbranched alkanes of at least 4 members (excludes halogenated alkanes) is 1. The number of rotatable bonds is 9. The van der Waals surface area contributed by atoms with Crippen LogP contribution in [-0.4, -0.2) is 17.4 Å². The van der Waals surface area contributed by atoms with Gasteiger partial charge >= 0.3 is 0 Å². The van der Waals surface area contributed by atoms with Crippen molar-refractivity contribution >= 4 is 5.91 Å². The van der Waals surface area contributed by atoms with E-state index < -0.39 is 0 Å². The molecule has 0 radical (unpaired) electrons. The number of nitrogens with one attached hydrogen (secondary N) is 1. The van der Waals surface area contributed by atoms with E-state index in [0.717, 1.165) is 25.7 Å². The summed E-state index contributed by atoms with van der Waals surface area (Å²) in [5.74, 6) is 0.344. The molecule has 30 heavy (non-hydrogen) atoms. The molecular weight excluding hydrogens is 368 g/mol. The molecule has 1 aromatic heterocycles. The highest BCUT2D eigenvalue weighted by atomic mass is 16.1. The zero-order valence-corrected chi connectivity index (χ0v) is 17.2. The minimum atomic E-state index is -0.0109. The number of hydrogen-bond acceptors (Lipinski definition) is 2. The van der Waals surface area contributed by atoms with E-state index in [9.17, 15) is 4.79 Å². The van der Waals surface area contributed by atoms with Gasteiger partial charge in [0, 0.05) is 24.4 Å². The smallest absolute Gasteiger partial charge is 0.243 e. The van der Waals surface area contributed by atoms with Gasteiger partial charge in [0.1, 0.15) is 0 Å². The van der Waals surface area contributed by atoms with Crippen molar-refractivity contribution in [3.63, 3.8) is 0 Å². The Morgan fingerprint density at radius 2 is 1.67 bits per heavy atom. The van der Waals surface area contributed by atoms with Gasteiger partial charge in [-0.3, -0.25) is 9.78 Å². The van der Waals surface area contributed by atoms with Crippen LogP contribution in [0.5, 0.6) is 0 Å². The Kier molecular flexibility index (Phi) is 6.38. The highest BCUT2D eigenvalue weighted by molar-refractivity contribution is 5.87. The Labute approximate surface area is 178 Å². The number of pyridine rings is 1. The van der Waals surface area contributed by atoms with Crippen molar-refractivity contribution < 1.29 is 4.79 Å². The molecule has 152 valence electrons. The number of nitrogens with zero attached hydrogens (tertiary/aromatic N) is 1. The largest absolute Gasteiger partial charge is 0.353 e. The van der Waals surface area contributed by atoms with Gasteiger partial charge in [0.15, 0.2) is 0 Å². The summed E-state index contributed by atoms with van der Waals surface area (Å²) in [5.41, 5.74) is 3.88. The van der Waals surface area contributed by atoms with Gasteiger partial charge < -0.3 is 5.32 Å². The number of aromatic nitrogens is 1. The molecule has 1 aliphatic rings. The highest BCUT2D eigenvalue weighted by Crippen LogP contribution is 2.59. The molecule has 3 heteroatoms. The second-order valence-electron chi connectivity index (χ2n) is 7.98. The quantitative estimate of drug-likeness (QED) is 0.405. The molecule has 3 nitrogen and oxygen atoms in total. The van der Waals surface area contributed by atoms with Crippen LogP contribution in [0, 0.1) is 5.92 Å². The van der Waals surface area contributed by atoms with Crippen LogP contribution in [0.15, 0.2) is 97.3 Å². The third-order valence-corrected chi connectivity index (χ3v) is 5.99. The summed E-state index contributed by atoms with van der Waals surface area (Å²) in [6.45, 7) is 0.705. The molecule has 0 bridgehead atoms. The molecule has 0 spiro atoms. The van der Waals surface area contributed by atoms with E-state index in [1.807, 2.05) is 12.3 Å². The molecule has 1 atom stereocenters. The summed E-state index contributed by atoms with van der Waals surface area (Å²) in [6, 6.07) is 25.3. The Morgan fingerprint density at radius 3 is 2.30 bits per heavy atom. The molecule has 2 aromatic carbocycles. The molecule has 1 aliphatic carbocycles. The van der Waals surface area contributed by atoms with Crippen molar-refractivity contribution in [2.45, 2.75) is 31.1 Å². The SMILES string of the molecule is O=C(/C=C\[C@H]1CC1(c1ccccc1)c1ccccc1)NCCCCc1cccnc1. The minimum absolute atomic E-state index is 0.00157. The van der Waals surface area contributed by atoms with Crippen molar-refractivity contribution in [3.8, 4) is 0 Å².